The Bertz CT molecular complexity index is 856. The number of nitrogens with zero attached hydrogens (tertiary/aromatic N) is 4. The van der Waals surface area contributed by atoms with Crippen molar-refractivity contribution in [3.63, 3.8) is 0 Å². The Morgan fingerprint density at radius 3 is 2.52 bits per heavy atom. The molecule has 0 amide bonds. The minimum atomic E-state index is -1.06. The Hall–Kier alpha value is -3.02. The number of hydrogen-bond donors (Lipinski definition) is 1. The number of hydrogen-bond acceptors (Lipinski definition) is 4. The lowest BCUT2D eigenvalue weighted by Gasteiger charge is -2.12. The average molecular weight is 308 g/mol. The molecule has 2 heterocycles. The lowest BCUT2D eigenvalue weighted by atomic mass is 10.1. The average Bonchev–Trinajstić information content (AvgIpc) is 3.05. The molecule has 116 valence electrons. The summed E-state index contributed by atoms with van der Waals surface area (Å²) < 4.78 is 1.50. The van der Waals surface area contributed by atoms with Crippen LogP contribution in [0.3, 0.4) is 0 Å². The fraction of sp³-hybridized carbons (Fsp3) is 0.176. The highest BCUT2D eigenvalue weighted by Crippen LogP contribution is 2.21. The van der Waals surface area contributed by atoms with Crippen molar-refractivity contribution in [1.29, 1.82) is 0 Å². The van der Waals surface area contributed by atoms with Crippen LogP contribution in [-0.2, 0) is 6.42 Å². The van der Waals surface area contributed by atoms with Crippen molar-refractivity contribution < 1.29 is 9.90 Å². The monoisotopic (exact) mass is 308 g/mol. The van der Waals surface area contributed by atoms with Crippen LogP contribution in [0.25, 0.3) is 17.2 Å². The molecule has 0 atom stereocenters. The third kappa shape index (κ3) is 2.83. The van der Waals surface area contributed by atoms with Crippen molar-refractivity contribution in [1.82, 2.24) is 19.7 Å². The van der Waals surface area contributed by atoms with Crippen LogP contribution in [-0.4, -0.2) is 30.8 Å². The summed E-state index contributed by atoms with van der Waals surface area (Å²) in [6, 6.07) is 11.1. The topological polar surface area (TPSA) is 80.9 Å². The van der Waals surface area contributed by atoms with Crippen LogP contribution < -0.4 is 0 Å². The third-order valence-electron chi connectivity index (χ3n) is 3.60. The van der Waals surface area contributed by atoms with E-state index in [0.29, 0.717) is 11.6 Å². The summed E-state index contributed by atoms with van der Waals surface area (Å²) >= 11 is 0. The van der Waals surface area contributed by atoms with Crippen molar-refractivity contribution in [2.24, 2.45) is 0 Å². The zero-order valence-corrected chi connectivity index (χ0v) is 12.9. The molecule has 6 heteroatoms. The molecule has 0 saturated heterocycles. The van der Waals surface area contributed by atoms with Crippen molar-refractivity contribution in [2.45, 2.75) is 20.3 Å². The van der Waals surface area contributed by atoms with Gasteiger partial charge in [0.1, 0.15) is 0 Å². The Morgan fingerprint density at radius 2 is 1.91 bits per heavy atom. The standard InChI is InChI=1S/C17H16N4O2/c1-3-13-11(2)18-15(12-7-5-4-6-8-12)19-16(13)21-10-9-14(20-21)17(22)23/h4-10H,3H2,1-2H3,(H,22,23). The van der Waals surface area contributed by atoms with E-state index in [4.69, 9.17) is 5.11 Å². The number of rotatable bonds is 4. The summed E-state index contributed by atoms with van der Waals surface area (Å²) in [7, 11) is 0. The molecule has 0 aliphatic rings. The molecule has 1 N–H and O–H groups in total. The summed E-state index contributed by atoms with van der Waals surface area (Å²) in [5, 5.41) is 13.1. The van der Waals surface area contributed by atoms with E-state index in [2.05, 4.69) is 15.1 Å². The number of carboxylic acids is 1. The maximum atomic E-state index is 11.0. The zero-order valence-electron chi connectivity index (χ0n) is 12.9. The van der Waals surface area contributed by atoms with Crippen LogP contribution in [0.2, 0.25) is 0 Å². The molecule has 2 aromatic heterocycles. The van der Waals surface area contributed by atoms with Gasteiger partial charge in [-0.2, -0.15) is 5.10 Å². The van der Waals surface area contributed by atoms with E-state index >= 15 is 0 Å². The van der Waals surface area contributed by atoms with Crippen molar-refractivity contribution >= 4 is 5.97 Å². The zero-order chi connectivity index (χ0) is 16.4. The largest absolute Gasteiger partial charge is 0.476 e. The minimum absolute atomic E-state index is 0.00965. The number of benzene rings is 1. The van der Waals surface area contributed by atoms with Gasteiger partial charge in [-0.15, -0.1) is 0 Å². The summed E-state index contributed by atoms with van der Waals surface area (Å²) in [4.78, 5) is 20.2. The highest BCUT2D eigenvalue weighted by molar-refractivity contribution is 5.85. The fourth-order valence-corrected chi connectivity index (χ4v) is 2.46. The van der Waals surface area contributed by atoms with Gasteiger partial charge in [-0.3, -0.25) is 0 Å². The third-order valence-corrected chi connectivity index (χ3v) is 3.60. The molecule has 3 rings (SSSR count). The lowest BCUT2D eigenvalue weighted by Crippen LogP contribution is -2.09. The normalized spacial score (nSPS) is 10.7. The highest BCUT2D eigenvalue weighted by atomic mass is 16.4. The van der Waals surface area contributed by atoms with Gasteiger partial charge in [0.25, 0.3) is 0 Å². The molecule has 23 heavy (non-hydrogen) atoms. The maximum absolute atomic E-state index is 11.0. The highest BCUT2D eigenvalue weighted by Gasteiger charge is 2.15. The van der Waals surface area contributed by atoms with Gasteiger partial charge in [0.05, 0.1) is 0 Å². The second-order valence-corrected chi connectivity index (χ2v) is 5.11. The summed E-state index contributed by atoms with van der Waals surface area (Å²) in [5.41, 5.74) is 2.71. The smallest absolute Gasteiger partial charge is 0.356 e. The quantitative estimate of drug-likeness (QED) is 0.801. The first kappa shape index (κ1) is 14.9. The van der Waals surface area contributed by atoms with Crippen LogP contribution in [0, 0.1) is 6.92 Å². The first-order chi connectivity index (χ1) is 11.1. The first-order valence-corrected chi connectivity index (χ1v) is 7.32. The number of aryl methyl sites for hydroxylation is 1. The maximum Gasteiger partial charge on any atom is 0.356 e. The van der Waals surface area contributed by atoms with Crippen molar-refractivity contribution in [3.8, 4) is 17.2 Å². The molecule has 0 aliphatic carbocycles. The molecule has 6 nitrogen and oxygen atoms in total. The summed E-state index contributed by atoms with van der Waals surface area (Å²) in [5.74, 6) is 0.157. The minimum Gasteiger partial charge on any atom is -0.476 e. The van der Waals surface area contributed by atoms with E-state index in [0.717, 1.165) is 23.2 Å². The Kier molecular flexibility index (Phi) is 3.89. The van der Waals surface area contributed by atoms with Gasteiger partial charge in [0, 0.05) is 23.0 Å². The Labute approximate surface area is 133 Å². The van der Waals surface area contributed by atoms with Crippen LogP contribution in [0.1, 0.15) is 28.7 Å². The molecule has 0 radical (unpaired) electrons. The molecule has 3 aromatic rings. The lowest BCUT2D eigenvalue weighted by molar-refractivity contribution is 0.0690. The second kappa shape index (κ2) is 6.00. The number of aromatic carboxylic acids is 1. The number of aromatic nitrogens is 4. The molecule has 0 bridgehead atoms. The van der Waals surface area contributed by atoms with Gasteiger partial charge in [0.2, 0.25) is 0 Å². The Balaban J connectivity index is 2.17. The SMILES string of the molecule is CCc1c(C)nc(-c2ccccc2)nc1-n1ccc(C(=O)O)n1. The summed E-state index contributed by atoms with van der Waals surface area (Å²) in [6.07, 6.45) is 2.34. The second-order valence-electron chi connectivity index (χ2n) is 5.11. The molecular formula is C17H16N4O2. The van der Waals surface area contributed by atoms with E-state index in [1.54, 1.807) is 6.20 Å². The van der Waals surface area contributed by atoms with Crippen molar-refractivity contribution in [2.75, 3.05) is 0 Å². The Morgan fingerprint density at radius 1 is 1.17 bits per heavy atom. The molecule has 0 fully saturated rings. The predicted octanol–water partition coefficient (Wildman–Crippen LogP) is 2.90. The van der Waals surface area contributed by atoms with Gasteiger partial charge in [-0.1, -0.05) is 37.3 Å². The van der Waals surface area contributed by atoms with Gasteiger partial charge < -0.3 is 5.11 Å². The van der Waals surface area contributed by atoms with E-state index < -0.39 is 5.97 Å². The van der Waals surface area contributed by atoms with Crippen LogP contribution in [0.4, 0.5) is 0 Å². The van der Waals surface area contributed by atoms with Crippen LogP contribution in [0.5, 0.6) is 0 Å². The molecule has 0 spiro atoms. The molecule has 0 saturated carbocycles. The van der Waals surface area contributed by atoms with Gasteiger partial charge in [-0.25, -0.2) is 19.4 Å². The fourth-order valence-electron chi connectivity index (χ4n) is 2.46. The van der Waals surface area contributed by atoms with Crippen molar-refractivity contribution in [3.05, 3.63) is 59.5 Å². The predicted molar refractivity (Wildman–Crippen MR) is 85.7 cm³/mol. The van der Waals surface area contributed by atoms with E-state index in [9.17, 15) is 4.79 Å². The van der Waals surface area contributed by atoms with E-state index in [-0.39, 0.29) is 5.69 Å². The van der Waals surface area contributed by atoms with Gasteiger partial charge in [0.15, 0.2) is 17.3 Å². The van der Waals surface area contributed by atoms with E-state index in [1.807, 2.05) is 44.2 Å². The molecule has 0 unspecified atom stereocenters. The first-order valence-electron chi connectivity index (χ1n) is 7.32. The van der Waals surface area contributed by atoms with E-state index in [1.165, 1.54) is 10.7 Å². The van der Waals surface area contributed by atoms with Gasteiger partial charge in [-0.05, 0) is 19.4 Å². The van der Waals surface area contributed by atoms with Crippen LogP contribution in [0.15, 0.2) is 42.6 Å². The van der Waals surface area contributed by atoms with Gasteiger partial charge >= 0.3 is 5.97 Å². The molecular weight excluding hydrogens is 292 g/mol. The molecule has 1 aromatic carbocycles. The molecule has 0 aliphatic heterocycles. The number of carbonyl (C=O) groups is 1. The van der Waals surface area contributed by atoms with Crippen LogP contribution >= 0.6 is 0 Å². The summed E-state index contributed by atoms with van der Waals surface area (Å²) in [6.45, 7) is 3.94. The number of carboxylic acid groups (broad SMARTS) is 1.